The van der Waals surface area contributed by atoms with Gasteiger partial charge in [-0.3, -0.25) is 4.79 Å². The van der Waals surface area contributed by atoms with Crippen molar-refractivity contribution in [1.29, 1.82) is 0 Å². The van der Waals surface area contributed by atoms with Crippen LogP contribution >= 0.6 is 23.1 Å². The zero-order chi connectivity index (χ0) is 19.9. The van der Waals surface area contributed by atoms with Crippen molar-refractivity contribution < 1.29 is 4.79 Å². The first-order valence-electron chi connectivity index (χ1n) is 9.35. The number of carbonyl (C=O) groups excluding carboxylic acids is 1. The number of nitrogens with one attached hydrogen (secondary N) is 1. The van der Waals surface area contributed by atoms with E-state index in [-0.39, 0.29) is 11.9 Å². The molecule has 4 nitrogen and oxygen atoms in total. The lowest BCUT2D eigenvalue weighted by Gasteiger charge is -2.18. The van der Waals surface area contributed by atoms with Crippen LogP contribution in [0.4, 0.5) is 0 Å². The molecule has 0 saturated carbocycles. The van der Waals surface area contributed by atoms with E-state index in [4.69, 9.17) is 0 Å². The molecule has 1 unspecified atom stereocenters. The van der Waals surface area contributed by atoms with Gasteiger partial charge in [0.2, 0.25) is 5.91 Å². The van der Waals surface area contributed by atoms with E-state index in [1.807, 2.05) is 66.2 Å². The molecule has 1 N–H and O–H groups in total. The van der Waals surface area contributed by atoms with Gasteiger partial charge in [-0.25, -0.2) is 4.98 Å². The number of thiophene rings is 1. The Labute approximate surface area is 178 Å². The molecular weight excluding hydrogens is 398 g/mol. The van der Waals surface area contributed by atoms with Crippen molar-refractivity contribution in [1.82, 2.24) is 14.9 Å². The van der Waals surface area contributed by atoms with Gasteiger partial charge < -0.3 is 9.88 Å². The fourth-order valence-corrected chi connectivity index (χ4v) is 4.66. The van der Waals surface area contributed by atoms with Gasteiger partial charge in [-0.2, -0.15) is 0 Å². The summed E-state index contributed by atoms with van der Waals surface area (Å²) in [7, 11) is 0. The van der Waals surface area contributed by atoms with Crippen molar-refractivity contribution in [3.63, 3.8) is 0 Å². The van der Waals surface area contributed by atoms with Crippen LogP contribution in [-0.4, -0.2) is 21.2 Å². The van der Waals surface area contributed by atoms with Gasteiger partial charge in [-0.05, 0) is 22.6 Å². The molecule has 0 aliphatic rings. The largest absolute Gasteiger partial charge is 0.344 e. The minimum atomic E-state index is -0.131. The Morgan fingerprint density at radius 2 is 1.79 bits per heavy atom. The quantitative estimate of drug-likeness (QED) is 0.409. The average Bonchev–Trinajstić information content (AvgIpc) is 3.44. The lowest BCUT2D eigenvalue weighted by molar-refractivity contribution is -0.119. The van der Waals surface area contributed by atoms with E-state index < -0.39 is 0 Å². The van der Waals surface area contributed by atoms with Gasteiger partial charge in [-0.15, -0.1) is 11.3 Å². The number of aromatic nitrogens is 2. The lowest BCUT2D eigenvalue weighted by atomic mass is 10.1. The molecule has 29 heavy (non-hydrogen) atoms. The summed E-state index contributed by atoms with van der Waals surface area (Å²) in [4.78, 5) is 18.3. The minimum Gasteiger partial charge on any atom is -0.344 e. The molecule has 0 fully saturated rings. The van der Waals surface area contributed by atoms with E-state index in [9.17, 15) is 4.79 Å². The van der Waals surface area contributed by atoms with Gasteiger partial charge in [0.25, 0.3) is 0 Å². The molecule has 2 heterocycles. The van der Waals surface area contributed by atoms with Crippen molar-refractivity contribution in [3.05, 3.63) is 107 Å². The van der Waals surface area contributed by atoms with Crippen molar-refractivity contribution in [2.45, 2.75) is 17.7 Å². The van der Waals surface area contributed by atoms with Crippen LogP contribution in [0.2, 0.25) is 0 Å². The minimum absolute atomic E-state index is 0.00786. The molecule has 2 aromatic heterocycles. The van der Waals surface area contributed by atoms with E-state index >= 15 is 0 Å². The first-order valence-corrected chi connectivity index (χ1v) is 11.2. The highest BCUT2D eigenvalue weighted by molar-refractivity contribution is 7.99. The average molecular weight is 420 g/mol. The lowest BCUT2D eigenvalue weighted by Crippen LogP contribution is -2.30. The summed E-state index contributed by atoms with van der Waals surface area (Å²) < 4.78 is 2.07. The molecule has 2 aromatic carbocycles. The van der Waals surface area contributed by atoms with Crippen molar-refractivity contribution >= 4 is 29.0 Å². The van der Waals surface area contributed by atoms with Gasteiger partial charge >= 0.3 is 0 Å². The Balaban J connectivity index is 1.40. The topological polar surface area (TPSA) is 46.9 Å². The van der Waals surface area contributed by atoms with Crippen LogP contribution in [0.3, 0.4) is 0 Å². The Hall–Kier alpha value is -2.83. The van der Waals surface area contributed by atoms with Crippen LogP contribution in [0, 0.1) is 0 Å². The third-order valence-corrected chi connectivity index (χ3v) is 6.41. The van der Waals surface area contributed by atoms with Crippen LogP contribution in [0.15, 0.2) is 95.7 Å². The van der Waals surface area contributed by atoms with Crippen LogP contribution in [0.25, 0.3) is 0 Å². The second-order valence-electron chi connectivity index (χ2n) is 6.54. The first kappa shape index (κ1) is 19.5. The number of nitrogens with zero attached hydrogens (tertiary/aromatic N) is 2. The Kier molecular flexibility index (Phi) is 6.44. The Morgan fingerprint density at radius 3 is 2.52 bits per heavy atom. The highest BCUT2D eigenvalue weighted by Gasteiger charge is 2.18. The van der Waals surface area contributed by atoms with Gasteiger partial charge in [0.05, 0.1) is 11.8 Å². The highest BCUT2D eigenvalue weighted by Crippen LogP contribution is 2.26. The molecule has 1 atom stereocenters. The predicted molar refractivity (Wildman–Crippen MR) is 119 cm³/mol. The number of amides is 1. The molecule has 4 rings (SSSR count). The predicted octanol–water partition coefficient (Wildman–Crippen LogP) is 4.99. The fourth-order valence-electron chi connectivity index (χ4n) is 3.09. The summed E-state index contributed by atoms with van der Waals surface area (Å²) in [5.41, 5.74) is 2.29. The zero-order valence-electron chi connectivity index (χ0n) is 15.8. The SMILES string of the molecule is O=C(CSc1nccn1Cc1ccccc1)NC(c1ccccc1)c1cccs1. The van der Waals surface area contributed by atoms with Gasteiger partial charge in [-0.1, -0.05) is 78.5 Å². The van der Waals surface area contributed by atoms with Gasteiger partial charge in [0.15, 0.2) is 5.16 Å². The number of imidazole rings is 1. The van der Waals surface area contributed by atoms with Crippen LogP contribution < -0.4 is 5.32 Å². The Morgan fingerprint density at radius 1 is 1.03 bits per heavy atom. The second kappa shape index (κ2) is 9.58. The maximum absolute atomic E-state index is 12.7. The van der Waals surface area contributed by atoms with Crippen LogP contribution in [0.1, 0.15) is 22.0 Å². The smallest absolute Gasteiger partial charge is 0.231 e. The molecule has 146 valence electrons. The molecule has 0 aliphatic heterocycles. The number of benzene rings is 2. The van der Waals surface area contributed by atoms with E-state index in [0.29, 0.717) is 5.75 Å². The number of hydrogen-bond donors (Lipinski definition) is 1. The normalized spacial score (nSPS) is 11.9. The number of hydrogen-bond acceptors (Lipinski definition) is 4. The van der Waals surface area contributed by atoms with Crippen molar-refractivity contribution in [3.8, 4) is 0 Å². The van der Waals surface area contributed by atoms with E-state index in [1.54, 1.807) is 17.5 Å². The molecule has 0 spiro atoms. The van der Waals surface area contributed by atoms with Crippen molar-refractivity contribution in [2.75, 3.05) is 5.75 Å². The molecule has 6 heteroatoms. The second-order valence-corrected chi connectivity index (χ2v) is 8.46. The highest BCUT2D eigenvalue weighted by atomic mass is 32.2. The van der Waals surface area contributed by atoms with Gasteiger partial charge in [0, 0.05) is 23.8 Å². The number of rotatable bonds is 8. The summed E-state index contributed by atoms with van der Waals surface area (Å²) in [6, 6.07) is 24.3. The molecule has 0 radical (unpaired) electrons. The summed E-state index contributed by atoms with van der Waals surface area (Å²) in [6.07, 6.45) is 3.73. The third kappa shape index (κ3) is 5.16. The van der Waals surface area contributed by atoms with Crippen LogP contribution in [-0.2, 0) is 11.3 Å². The fraction of sp³-hybridized carbons (Fsp3) is 0.130. The van der Waals surface area contributed by atoms with E-state index in [0.717, 1.165) is 22.1 Å². The van der Waals surface area contributed by atoms with E-state index in [1.165, 1.54) is 17.3 Å². The molecular formula is C23H21N3OS2. The first-order chi connectivity index (χ1) is 14.3. The molecule has 0 aliphatic carbocycles. The standard InChI is InChI=1S/C23H21N3OS2/c27-21(25-22(20-12-7-15-28-20)19-10-5-2-6-11-19)17-29-23-24-13-14-26(23)16-18-8-3-1-4-9-18/h1-15,22H,16-17H2,(H,25,27). The summed E-state index contributed by atoms with van der Waals surface area (Å²) in [6.45, 7) is 0.743. The zero-order valence-corrected chi connectivity index (χ0v) is 17.4. The maximum Gasteiger partial charge on any atom is 0.231 e. The molecule has 1 amide bonds. The number of carbonyl (C=O) groups is 1. The molecule has 0 saturated heterocycles. The maximum atomic E-state index is 12.7. The van der Waals surface area contributed by atoms with Crippen molar-refractivity contribution in [2.24, 2.45) is 0 Å². The third-order valence-electron chi connectivity index (χ3n) is 4.47. The van der Waals surface area contributed by atoms with E-state index in [2.05, 4.69) is 33.1 Å². The number of thioether (sulfide) groups is 1. The van der Waals surface area contributed by atoms with Gasteiger partial charge in [0.1, 0.15) is 0 Å². The summed E-state index contributed by atoms with van der Waals surface area (Å²) in [5.74, 6) is 0.312. The summed E-state index contributed by atoms with van der Waals surface area (Å²) >= 11 is 3.11. The Bertz CT molecular complexity index is 1030. The van der Waals surface area contributed by atoms with Crippen LogP contribution in [0.5, 0.6) is 0 Å². The monoisotopic (exact) mass is 419 g/mol. The molecule has 4 aromatic rings. The summed E-state index contributed by atoms with van der Waals surface area (Å²) in [5, 5.41) is 6.06. The molecule has 0 bridgehead atoms.